The van der Waals surface area contributed by atoms with E-state index in [1.54, 1.807) is 10.7 Å². The van der Waals surface area contributed by atoms with Crippen molar-refractivity contribution in [3.8, 4) is 0 Å². The van der Waals surface area contributed by atoms with E-state index in [2.05, 4.69) is 29.2 Å². The summed E-state index contributed by atoms with van der Waals surface area (Å²) in [6, 6.07) is 5.85. The molecule has 0 saturated carbocycles. The molecule has 0 spiro atoms. The summed E-state index contributed by atoms with van der Waals surface area (Å²) in [5.41, 5.74) is 1.17. The summed E-state index contributed by atoms with van der Waals surface area (Å²) in [5, 5.41) is 17.3. The van der Waals surface area contributed by atoms with Crippen molar-refractivity contribution in [3.05, 3.63) is 48.0 Å². The molecule has 0 fully saturated rings. The molecule has 0 aliphatic carbocycles. The van der Waals surface area contributed by atoms with Gasteiger partial charge in [0.2, 0.25) is 0 Å². The molecule has 3 rings (SSSR count). The SMILES string of the molecule is CC(C)Cn1nc(Nc2cnccc2C(=O)O)c2cc(F)ccc21. The normalized spacial score (nSPS) is 11.2. The molecule has 2 aromatic heterocycles. The lowest BCUT2D eigenvalue weighted by molar-refractivity contribution is 0.0698. The van der Waals surface area contributed by atoms with Crippen LogP contribution in [-0.2, 0) is 6.54 Å². The zero-order chi connectivity index (χ0) is 17.3. The van der Waals surface area contributed by atoms with Gasteiger partial charge < -0.3 is 10.4 Å². The number of hydrogen-bond donors (Lipinski definition) is 2. The van der Waals surface area contributed by atoms with Crippen LogP contribution < -0.4 is 5.32 Å². The Morgan fingerprint density at radius 1 is 1.38 bits per heavy atom. The third kappa shape index (κ3) is 3.05. The number of nitrogens with zero attached hydrogens (tertiary/aromatic N) is 3. The summed E-state index contributed by atoms with van der Waals surface area (Å²) in [6.07, 6.45) is 2.82. The van der Waals surface area contributed by atoms with Crippen molar-refractivity contribution >= 4 is 28.4 Å². The van der Waals surface area contributed by atoms with Gasteiger partial charge in [-0.05, 0) is 30.2 Å². The maximum Gasteiger partial charge on any atom is 0.337 e. The molecular formula is C17H17FN4O2. The molecular weight excluding hydrogens is 311 g/mol. The molecule has 124 valence electrons. The van der Waals surface area contributed by atoms with E-state index in [-0.39, 0.29) is 11.4 Å². The van der Waals surface area contributed by atoms with E-state index < -0.39 is 5.97 Å². The number of carboxylic acids is 1. The van der Waals surface area contributed by atoms with E-state index >= 15 is 0 Å². The van der Waals surface area contributed by atoms with Crippen molar-refractivity contribution in [1.82, 2.24) is 14.8 Å². The number of nitrogens with one attached hydrogen (secondary N) is 1. The van der Waals surface area contributed by atoms with Crippen LogP contribution in [0, 0.1) is 11.7 Å². The minimum absolute atomic E-state index is 0.0768. The first-order chi connectivity index (χ1) is 11.5. The number of benzene rings is 1. The number of fused-ring (bicyclic) bond motifs is 1. The minimum atomic E-state index is -1.07. The van der Waals surface area contributed by atoms with Gasteiger partial charge in [-0.25, -0.2) is 9.18 Å². The van der Waals surface area contributed by atoms with Crippen molar-refractivity contribution in [1.29, 1.82) is 0 Å². The quantitative estimate of drug-likeness (QED) is 0.747. The van der Waals surface area contributed by atoms with Crippen LogP contribution in [0.3, 0.4) is 0 Å². The second kappa shape index (κ2) is 6.27. The fraction of sp³-hybridized carbons (Fsp3) is 0.235. The standard InChI is InChI=1S/C17H17FN4O2/c1-10(2)9-22-15-4-3-11(18)7-13(15)16(21-22)20-14-8-19-6-5-12(14)17(23)24/h3-8,10H,9H2,1-2H3,(H,20,21)(H,23,24). The molecule has 2 heterocycles. The van der Waals surface area contributed by atoms with Crippen LogP contribution in [0.15, 0.2) is 36.7 Å². The van der Waals surface area contributed by atoms with Gasteiger partial charge in [0.15, 0.2) is 5.82 Å². The highest BCUT2D eigenvalue weighted by molar-refractivity contribution is 5.97. The lowest BCUT2D eigenvalue weighted by Gasteiger charge is -2.07. The third-order valence-electron chi connectivity index (χ3n) is 3.56. The summed E-state index contributed by atoms with van der Waals surface area (Å²) in [6.45, 7) is 4.80. The van der Waals surface area contributed by atoms with Crippen LogP contribution >= 0.6 is 0 Å². The topological polar surface area (TPSA) is 80.0 Å². The molecule has 7 heteroatoms. The molecule has 2 N–H and O–H groups in total. The zero-order valence-corrected chi connectivity index (χ0v) is 13.3. The molecule has 0 unspecified atom stereocenters. The Morgan fingerprint density at radius 2 is 2.17 bits per heavy atom. The van der Waals surface area contributed by atoms with Gasteiger partial charge in [-0.3, -0.25) is 9.67 Å². The average molecular weight is 328 g/mol. The van der Waals surface area contributed by atoms with E-state index in [0.717, 1.165) is 5.52 Å². The lowest BCUT2D eigenvalue weighted by atomic mass is 10.2. The molecule has 1 aromatic carbocycles. The molecule has 0 amide bonds. The molecule has 0 saturated heterocycles. The van der Waals surface area contributed by atoms with Gasteiger partial charge in [0, 0.05) is 18.1 Å². The van der Waals surface area contributed by atoms with Crippen molar-refractivity contribution in [2.24, 2.45) is 5.92 Å². The molecule has 0 atom stereocenters. The Balaban J connectivity index is 2.10. The zero-order valence-electron chi connectivity index (χ0n) is 13.3. The highest BCUT2D eigenvalue weighted by Crippen LogP contribution is 2.28. The fourth-order valence-electron chi connectivity index (χ4n) is 2.54. The van der Waals surface area contributed by atoms with Crippen molar-refractivity contribution in [3.63, 3.8) is 0 Å². The molecule has 3 aromatic rings. The van der Waals surface area contributed by atoms with Gasteiger partial charge >= 0.3 is 5.97 Å². The third-order valence-corrected chi connectivity index (χ3v) is 3.56. The summed E-state index contributed by atoms with van der Waals surface area (Å²) >= 11 is 0. The number of pyridine rings is 1. The first-order valence-corrected chi connectivity index (χ1v) is 7.56. The predicted octanol–water partition coefficient (Wildman–Crippen LogP) is 3.67. The lowest BCUT2D eigenvalue weighted by Crippen LogP contribution is -2.07. The monoisotopic (exact) mass is 328 g/mol. The van der Waals surface area contributed by atoms with Crippen LogP contribution in [0.25, 0.3) is 10.9 Å². The summed E-state index contributed by atoms with van der Waals surface area (Å²) in [7, 11) is 0. The second-order valence-corrected chi connectivity index (χ2v) is 5.94. The summed E-state index contributed by atoms with van der Waals surface area (Å²) in [4.78, 5) is 15.3. The van der Waals surface area contributed by atoms with Crippen LogP contribution in [-0.4, -0.2) is 25.8 Å². The second-order valence-electron chi connectivity index (χ2n) is 5.94. The van der Waals surface area contributed by atoms with Gasteiger partial charge in [0.05, 0.1) is 23.0 Å². The molecule has 24 heavy (non-hydrogen) atoms. The predicted molar refractivity (Wildman–Crippen MR) is 89.0 cm³/mol. The number of halogens is 1. The maximum atomic E-state index is 13.7. The Kier molecular flexibility index (Phi) is 4.16. The summed E-state index contributed by atoms with van der Waals surface area (Å²) in [5.74, 6) is -0.684. The van der Waals surface area contributed by atoms with E-state index in [1.165, 1.54) is 30.6 Å². The van der Waals surface area contributed by atoms with Crippen molar-refractivity contribution < 1.29 is 14.3 Å². The molecule has 0 bridgehead atoms. The van der Waals surface area contributed by atoms with Crippen LogP contribution in [0.4, 0.5) is 15.9 Å². The van der Waals surface area contributed by atoms with Gasteiger partial charge in [-0.2, -0.15) is 5.10 Å². The number of rotatable bonds is 5. The summed E-state index contributed by atoms with van der Waals surface area (Å²) < 4.78 is 15.5. The largest absolute Gasteiger partial charge is 0.478 e. The van der Waals surface area contributed by atoms with E-state index in [9.17, 15) is 14.3 Å². The average Bonchev–Trinajstić information content (AvgIpc) is 2.84. The van der Waals surface area contributed by atoms with E-state index in [0.29, 0.717) is 29.4 Å². The molecule has 0 radical (unpaired) electrons. The Bertz CT molecular complexity index is 905. The van der Waals surface area contributed by atoms with Gasteiger partial charge in [-0.1, -0.05) is 13.8 Å². The highest BCUT2D eigenvalue weighted by Gasteiger charge is 2.16. The Labute approximate surface area is 137 Å². The van der Waals surface area contributed by atoms with Gasteiger partial charge in [0.1, 0.15) is 5.82 Å². The maximum absolute atomic E-state index is 13.7. The minimum Gasteiger partial charge on any atom is -0.478 e. The van der Waals surface area contributed by atoms with Gasteiger partial charge in [-0.15, -0.1) is 0 Å². The molecule has 0 aliphatic heterocycles. The van der Waals surface area contributed by atoms with E-state index in [1.807, 2.05) is 0 Å². The fourth-order valence-corrected chi connectivity index (χ4v) is 2.54. The number of carboxylic acid groups (broad SMARTS) is 1. The highest BCUT2D eigenvalue weighted by atomic mass is 19.1. The van der Waals surface area contributed by atoms with Crippen LogP contribution in [0.1, 0.15) is 24.2 Å². The Hall–Kier alpha value is -2.96. The number of hydrogen-bond acceptors (Lipinski definition) is 4. The van der Waals surface area contributed by atoms with Crippen LogP contribution in [0.2, 0.25) is 0 Å². The molecule has 6 nitrogen and oxygen atoms in total. The molecule has 0 aliphatic rings. The number of anilines is 2. The number of carbonyl (C=O) groups is 1. The van der Waals surface area contributed by atoms with Crippen molar-refractivity contribution in [2.45, 2.75) is 20.4 Å². The smallest absolute Gasteiger partial charge is 0.337 e. The van der Waals surface area contributed by atoms with Crippen molar-refractivity contribution in [2.75, 3.05) is 5.32 Å². The number of aromatic nitrogens is 3. The van der Waals surface area contributed by atoms with E-state index in [4.69, 9.17) is 0 Å². The van der Waals surface area contributed by atoms with Gasteiger partial charge in [0.25, 0.3) is 0 Å². The first-order valence-electron chi connectivity index (χ1n) is 7.56. The number of aromatic carboxylic acids is 1. The Morgan fingerprint density at radius 3 is 2.88 bits per heavy atom. The first kappa shape index (κ1) is 15.9. The van der Waals surface area contributed by atoms with Crippen LogP contribution in [0.5, 0.6) is 0 Å².